The van der Waals surface area contributed by atoms with Gasteiger partial charge in [0.15, 0.2) is 0 Å². The van der Waals surface area contributed by atoms with E-state index in [1.807, 2.05) is 0 Å². The number of carbonyl (C=O) groups excluding carboxylic acids is 2. The summed E-state index contributed by atoms with van der Waals surface area (Å²) in [5.74, 6) is -1.91. The number of hydrogen-bond acceptors (Lipinski definition) is 3. The molecule has 0 radical (unpaired) electrons. The Labute approximate surface area is 124 Å². The molecule has 0 aromatic heterocycles. The number of methoxy groups -OCH3 is 1. The zero-order chi connectivity index (χ0) is 14.9. The van der Waals surface area contributed by atoms with Crippen LogP contribution < -0.4 is 5.32 Å². The van der Waals surface area contributed by atoms with Crippen LogP contribution >= 0.6 is 15.9 Å². The Morgan fingerprint density at radius 3 is 2.85 bits per heavy atom. The minimum absolute atomic E-state index is 0.00907. The van der Waals surface area contributed by atoms with Gasteiger partial charge in [-0.05, 0) is 30.7 Å². The molecule has 1 atom stereocenters. The number of halogens is 2. The van der Waals surface area contributed by atoms with E-state index in [1.54, 1.807) is 19.1 Å². The molecular formula is C14H13BrFNO3. The predicted molar refractivity (Wildman–Crippen MR) is 74.3 cm³/mol. The number of benzene rings is 1. The molecule has 1 amide bonds. The number of rotatable bonds is 2. The van der Waals surface area contributed by atoms with Crippen molar-refractivity contribution in [1.82, 2.24) is 5.32 Å². The second-order valence-electron chi connectivity index (χ2n) is 4.50. The van der Waals surface area contributed by atoms with Gasteiger partial charge in [-0.15, -0.1) is 0 Å². The molecule has 0 spiro atoms. The van der Waals surface area contributed by atoms with Gasteiger partial charge in [0.2, 0.25) is 5.91 Å². The maximum atomic E-state index is 14.0. The fraction of sp³-hybridized carbons (Fsp3) is 0.286. The first-order valence-electron chi connectivity index (χ1n) is 5.98. The van der Waals surface area contributed by atoms with Crippen LogP contribution in [0.2, 0.25) is 0 Å². The van der Waals surface area contributed by atoms with Crippen LogP contribution in [0.4, 0.5) is 4.39 Å². The summed E-state index contributed by atoms with van der Waals surface area (Å²) in [5, 5.41) is 2.58. The molecule has 0 aliphatic carbocycles. The van der Waals surface area contributed by atoms with E-state index in [-0.39, 0.29) is 17.9 Å². The molecule has 1 aromatic rings. The molecule has 106 valence electrons. The van der Waals surface area contributed by atoms with Crippen LogP contribution in [-0.4, -0.2) is 19.0 Å². The average Bonchev–Trinajstić information content (AvgIpc) is 2.40. The molecule has 4 nitrogen and oxygen atoms in total. The second kappa shape index (κ2) is 5.75. The number of allylic oxidation sites excluding steroid dienone is 1. The summed E-state index contributed by atoms with van der Waals surface area (Å²) in [6, 6.07) is 4.45. The zero-order valence-corrected chi connectivity index (χ0v) is 12.6. The summed E-state index contributed by atoms with van der Waals surface area (Å²) in [5.41, 5.74) is 0.982. The quantitative estimate of drug-likeness (QED) is 0.841. The maximum absolute atomic E-state index is 14.0. The third kappa shape index (κ3) is 2.75. The number of nitrogens with one attached hydrogen (secondary N) is 1. The third-order valence-corrected chi connectivity index (χ3v) is 3.70. The van der Waals surface area contributed by atoms with E-state index >= 15 is 0 Å². The molecule has 6 heteroatoms. The first-order chi connectivity index (χ1) is 9.43. The number of carbonyl (C=O) groups is 2. The van der Waals surface area contributed by atoms with Crippen molar-refractivity contribution in [2.24, 2.45) is 0 Å². The van der Waals surface area contributed by atoms with Gasteiger partial charge in [-0.3, -0.25) is 4.79 Å². The maximum Gasteiger partial charge on any atom is 0.336 e. The fourth-order valence-electron chi connectivity index (χ4n) is 2.33. The minimum atomic E-state index is -0.645. The molecule has 1 aliphatic rings. The lowest BCUT2D eigenvalue weighted by atomic mass is 9.84. The van der Waals surface area contributed by atoms with Gasteiger partial charge < -0.3 is 10.1 Å². The van der Waals surface area contributed by atoms with E-state index in [2.05, 4.69) is 21.2 Å². The summed E-state index contributed by atoms with van der Waals surface area (Å²) in [6.07, 6.45) is 0.00907. The van der Waals surface area contributed by atoms with Crippen LogP contribution in [0.1, 0.15) is 24.8 Å². The lowest BCUT2D eigenvalue weighted by molar-refractivity contribution is -0.136. The van der Waals surface area contributed by atoms with Crippen molar-refractivity contribution < 1.29 is 18.7 Å². The largest absolute Gasteiger partial charge is 0.466 e. The van der Waals surface area contributed by atoms with Crippen LogP contribution in [-0.2, 0) is 14.3 Å². The smallest absolute Gasteiger partial charge is 0.336 e. The number of amides is 1. The number of ether oxygens (including phenoxy) is 1. The van der Waals surface area contributed by atoms with Crippen molar-refractivity contribution in [3.05, 3.63) is 45.3 Å². The van der Waals surface area contributed by atoms with Crippen LogP contribution in [0, 0.1) is 5.82 Å². The third-order valence-electron chi connectivity index (χ3n) is 3.21. The minimum Gasteiger partial charge on any atom is -0.466 e. The molecule has 0 unspecified atom stereocenters. The lowest BCUT2D eigenvalue weighted by Gasteiger charge is -2.26. The lowest BCUT2D eigenvalue weighted by Crippen LogP contribution is -2.34. The van der Waals surface area contributed by atoms with E-state index in [0.29, 0.717) is 15.7 Å². The molecule has 0 saturated carbocycles. The molecule has 0 fully saturated rings. The zero-order valence-electron chi connectivity index (χ0n) is 11.0. The summed E-state index contributed by atoms with van der Waals surface area (Å²) in [4.78, 5) is 23.6. The Morgan fingerprint density at radius 1 is 1.50 bits per heavy atom. The molecule has 0 saturated heterocycles. The highest BCUT2D eigenvalue weighted by molar-refractivity contribution is 9.10. The molecule has 2 rings (SSSR count). The van der Waals surface area contributed by atoms with E-state index in [0.717, 1.165) is 0 Å². The summed E-state index contributed by atoms with van der Waals surface area (Å²) in [6.45, 7) is 1.60. The van der Waals surface area contributed by atoms with Gasteiger partial charge in [-0.1, -0.05) is 15.9 Å². The molecule has 1 N–H and O–H groups in total. The van der Waals surface area contributed by atoms with Crippen LogP contribution in [0.15, 0.2) is 33.9 Å². The van der Waals surface area contributed by atoms with Gasteiger partial charge in [0.1, 0.15) is 5.82 Å². The molecule has 1 aliphatic heterocycles. The van der Waals surface area contributed by atoms with E-state index < -0.39 is 17.7 Å². The van der Waals surface area contributed by atoms with Gasteiger partial charge >= 0.3 is 5.97 Å². The van der Waals surface area contributed by atoms with Crippen LogP contribution in [0.3, 0.4) is 0 Å². The molecule has 20 heavy (non-hydrogen) atoms. The fourth-order valence-corrected chi connectivity index (χ4v) is 2.71. The highest BCUT2D eigenvalue weighted by atomic mass is 79.9. The van der Waals surface area contributed by atoms with Gasteiger partial charge in [0, 0.05) is 22.5 Å². The van der Waals surface area contributed by atoms with Crippen molar-refractivity contribution in [3.63, 3.8) is 0 Å². The average molecular weight is 342 g/mol. The predicted octanol–water partition coefficient (Wildman–Crippen LogP) is 2.64. The number of hydrogen-bond donors (Lipinski definition) is 1. The highest BCUT2D eigenvalue weighted by Crippen LogP contribution is 2.35. The second-order valence-corrected chi connectivity index (χ2v) is 5.42. The van der Waals surface area contributed by atoms with Gasteiger partial charge in [-0.2, -0.15) is 0 Å². The first-order valence-corrected chi connectivity index (χ1v) is 6.77. The molecular weight excluding hydrogens is 329 g/mol. The van der Waals surface area contributed by atoms with E-state index in [1.165, 1.54) is 13.2 Å². The van der Waals surface area contributed by atoms with Crippen molar-refractivity contribution >= 4 is 27.8 Å². The molecule has 1 heterocycles. The normalized spacial score (nSPS) is 18.8. The monoisotopic (exact) mass is 341 g/mol. The summed E-state index contributed by atoms with van der Waals surface area (Å²) >= 11 is 3.27. The summed E-state index contributed by atoms with van der Waals surface area (Å²) in [7, 11) is 1.26. The Hall–Kier alpha value is -1.69. The highest BCUT2D eigenvalue weighted by Gasteiger charge is 2.33. The topological polar surface area (TPSA) is 55.4 Å². The van der Waals surface area contributed by atoms with Gasteiger partial charge in [0.05, 0.1) is 12.7 Å². The van der Waals surface area contributed by atoms with Crippen molar-refractivity contribution in [1.29, 1.82) is 0 Å². The van der Waals surface area contributed by atoms with Gasteiger partial charge in [-0.25, -0.2) is 9.18 Å². The summed E-state index contributed by atoms with van der Waals surface area (Å²) < 4.78 is 19.4. The first kappa shape index (κ1) is 14.7. The van der Waals surface area contributed by atoms with Gasteiger partial charge in [0.25, 0.3) is 0 Å². The number of esters is 1. The van der Waals surface area contributed by atoms with Crippen molar-refractivity contribution in [3.8, 4) is 0 Å². The SMILES string of the molecule is COC(=O)C1=C(C)NC(=O)C[C@@H]1c1cc(Br)ccc1F. The Bertz CT molecular complexity index is 612. The van der Waals surface area contributed by atoms with Crippen LogP contribution in [0.5, 0.6) is 0 Å². The molecule has 0 bridgehead atoms. The standard InChI is InChI=1S/C14H13BrFNO3/c1-7-13(14(19)20-2)10(6-12(18)17-7)9-5-8(15)3-4-11(9)16/h3-5,10H,6H2,1-2H3,(H,17,18)/t10-/m1/s1. The van der Waals surface area contributed by atoms with E-state index in [9.17, 15) is 14.0 Å². The Balaban J connectivity index is 2.56. The van der Waals surface area contributed by atoms with Crippen molar-refractivity contribution in [2.45, 2.75) is 19.3 Å². The Morgan fingerprint density at radius 2 is 2.20 bits per heavy atom. The van der Waals surface area contributed by atoms with Crippen LogP contribution in [0.25, 0.3) is 0 Å². The Kier molecular flexibility index (Phi) is 4.23. The van der Waals surface area contributed by atoms with E-state index in [4.69, 9.17) is 4.74 Å². The van der Waals surface area contributed by atoms with Crippen molar-refractivity contribution in [2.75, 3.05) is 7.11 Å². The molecule has 1 aromatic carbocycles.